The number of thiazole rings is 1. The molecule has 1 fully saturated rings. The summed E-state index contributed by atoms with van der Waals surface area (Å²) in [5, 5.41) is 0.745. The SMILES string of the molecule is Cc1ccc2nc(N(CCC[NH+]3CCOCC3)C(=O)COc3ccccc3)sc2c1. The van der Waals surface area contributed by atoms with Crippen molar-refractivity contribution in [1.29, 1.82) is 0 Å². The fraction of sp³-hybridized carbons (Fsp3) is 0.391. The number of carbonyl (C=O) groups is 1. The number of nitrogens with zero attached hydrogens (tertiary/aromatic N) is 2. The van der Waals surface area contributed by atoms with Crippen LogP contribution >= 0.6 is 11.3 Å². The van der Waals surface area contributed by atoms with Crippen LogP contribution in [0.5, 0.6) is 5.75 Å². The van der Waals surface area contributed by atoms with Crippen molar-refractivity contribution in [1.82, 2.24) is 4.98 Å². The lowest BCUT2D eigenvalue weighted by atomic mass is 10.2. The number of fused-ring (bicyclic) bond motifs is 1. The molecule has 0 saturated carbocycles. The molecule has 1 saturated heterocycles. The normalized spacial score (nSPS) is 14.7. The maximum atomic E-state index is 13.1. The molecule has 4 rings (SSSR count). The van der Waals surface area contributed by atoms with E-state index in [0.717, 1.165) is 54.6 Å². The second kappa shape index (κ2) is 10.0. The molecule has 2 heterocycles. The molecule has 1 aromatic heterocycles. The third kappa shape index (κ3) is 5.36. The molecule has 3 aromatic rings. The number of carbonyl (C=O) groups excluding carboxylic acids is 1. The van der Waals surface area contributed by atoms with Gasteiger partial charge in [-0.3, -0.25) is 9.69 Å². The number of nitrogens with one attached hydrogen (secondary N) is 1. The minimum absolute atomic E-state index is 0.00335. The first-order valence-corrected chi connectivity index (χ1v) is 11.3. The monoisotopic (exact) mass is 426 g/mol. The summed E-state index contributed by atoms with van der Waals surface area (Å²) in [6.07, 6.45) is 0.918. The Balaban J connectivity index is 1.46. The molecule has 158 valence electrons. The molecule has 0 unspecified atom stereocenters. The highest BCUT2D eigenvalue weighted by Gasteiger charge is 2.22. The lowest BCUT2D eigenvalue weighted by molar-refractivity contribution is -0.908. The van der Waals surface area contributed by atoms with E-state index in [-0.39, 0.29) is 12.5 Å². The van der Waals surface area contributed by atoms with E-state index in [1.54, 1.807) is 16.2 Å². The molecule has 0 radical (unpaired) electrons. The summed E-state index contributed by atoms with van der Waals surface area (Å²) < 4.78 is 12.3. The number of rotatable bonds is 8. The van der Waals surface area contributed by atoms with Crippen molar-refractivity contribution in [3.63, 3.8) is 0 Å². The van der Waals surface area contributed by atoms with Crippen molar-refractivity contribution < 1.29 is 19.2 Å². The van der Waals surface area contributed by atoms with Gasteiger partial charge in [0.05, 0.1) is 30.0 Å². The lowest BCUT2D eigenvalue weighted by Crippen LogP contribution is -3.14. The van der Waals surface area contributed by atoms with E-state index in [2.05, 4.69) is 19.1 Å². The van der Waals surface area contributed by atoms with Gasteiger partial charge in [0.25, 0.3) is 5.91 Å². The topological polar surface area (TPSA) is 56.1 Å². The smallest absolute Gasteiger partial charge is 0.266 e. The Bertz CT molecular complexity index is 970. The first-order valence-electron chi connectivity index (χ1n) is 10.5. The number of hydrogen-bond donors (Lipinski definition) is 1. The molecular weight excluding hydrogens is 398 g/mol. The van der Waals surface area contributed by atoms with Gasteiger partial charge >= 0.3 is 0 Å². The minimum atomic E-state index is -0.0633. The highest BCUT2D eigenvalue weighted by molar-refractivity contribution is 7.22. The summed E-state index contributed by atoms with van der Waals surface area (Å²) in [6.45, 7) is 7.44. The molecule has 1 amide bonds. The van der Waals surface area contributed by atoms with Crippen LogP contribution in [0.25, 0.3) is 10.2 Å². The fourth-order valence-electron chi connectivity index (χ4n) is 3.60. The van der Waals surface area contributed by atoms with Crippen LogP contribution in [0.2, 0.25) is 0 Å². The molecule has 1 aliphatic rings. The molecular formula is C23H28N3O3S+. The van der Waals surface area contributed by atoms with Gasteiger partial charge in [-0.25, -0.2) is 4.98 Å². The Kier molecular flexibility index (Phi) is 6.94. The van der Waals surface area contributed by atoms with Crippen LogP contribution in [0.3, 0.4) is 0 Å². The number of amides is 1. The first-order chi connectivity index (χ1) is 14.7. The van der Waals surface area contributed by atoms with Gasteiger partial charge < -0.3 is 14.4 Å². The van der Waals surface area contributed by atoms with Gasteiger partial charge in [-0.1, -0.05) is 35.6 Å². The average Bonchev–Trinajstić information content (AvgIpc) is 3.19. The summed E-state index contributed by atoms with van der Waals surface area (Å²) >= 11 is 1.57. The van der Waals surface area contributed by atoms with Crippen LogP contribution in [-0.2, 0) is 9.53 Å². The van der Waals surface area contributed by atoms with Crippen molar-refractivity contribution in [2.75, 3.05) is 50.9 Å². The van der Waals surface area contributed by atoms with Gasteiger partial charge in [-0.05, 0) is 36.8 Å². The Morgan fingerprint density at radius 3 is 2.80 bits per heavy atom. The molecule has 7 heteroatoms. The molecule has 0 bridgehead atoms. The molecule has 6 nitrogen and oxygen atoms in total. The summed E-state index contributed by atoms with van der Waals surface area (Å²) in [6, 6.07) is 15.6. The van der Waals surface area contributed by atoms with E-state index in [1.807, 2.05) is 36.4 Å². The van der Waals surface area contributed by atoms with Crippen LogP contribution < -0.4 is 14.5 Å². The standard InChI is InChI=1S/C23H27N3O3S/c1-18-8-9-20-21(16-18)30-23(24-20)26(11-5-10-25-12-14-28-15-13-25)22(27)17-29-19-6-3-2-4-7-19/h2-4,6-9,16H,5,10-15,17H2,1H3/p+1. The Morgan fingerprint density at radius 2 is 2.00 bits per heavy atom. The zero-order chi connectivity index (χ0) is 20.8. The second-order valence-electron chi connectivity index (χ2n) is 7.58. The van der Waals surface area contributed by atoms with Gasteiger partial charge in [0.15, 0.2) is 11.7 Å². The van der Waals surface area contributed by atoms with E-state index in [1.165, 1.54) is 10.5 Å². The number of para-hydroxylation sites is 1. The Morgan fingerprint density at radius 1 is 1.20 bits per heavy atom. The number of ether oxygens (including phenoxy) is 2. The highest BCUT2D eigenvalue weighted by Crippen LogP contribution is 2.29. The third-order valence-electron chi connectivity index (χ3n) is 5.28. The number of benzene rings is 2. The van der Waals surface area contributed by atoms with Crippen molar-refractivity contribution in [2.24, 2.45) is 0 Å². The average molecular weight is 427 g/mol. The largest absolute Gasteiger partial charge is 0.484 e. The van der Waals surface area contributed by atoms with E-state index in [4.69, 9.17) is 14.5 Å². The summed E-state index contributed by atoms with van der Waals surface area (Å²) in [5.74, 6) is 0.634. The van der Waals surface area contributed by atoms with Gasteiger partial charge in [0.2, 0.25) is 0 Å². The maximum absolute atomic E-state index is 13.1. The number of aryl methyl sites for hydroxylation is 1. The first kappa shape index (κ1) is 20.8. The molecule has 1 N–H and O–H groups in total. The molecule has 0 aliphatic carbocycles. The minimum Gasteiger partial charge on any atom is -0.484 e. The zero-order valence-electron chi connectivity index (χ0n) is 17.3. The summed E-state index contributed by atoms with van der Waals surface area (Å²) in [5.41, 5.74) is 2.13. The maximum Gasteiger partial charge on any atom is 0.266 e. The number of aromatic nitrogens is 1. The van der Waals surface area contributed by atoms with Gasteiger partial charge in [0, 0.05) is 13.0 Å². The highest BCUT2D eigenvalue weighted by atomic mass is 32.1. The van der Waals surface area contributed by atoms with Crippen molar-refractivity contribution in [2.45, 2.75) is 13.3 Å². The van der Waals surface area contributed by atoms with Gasteiger partial charge in [-0.15, -0.1) is 0 Å². The molecule has 0 spiro atoms. The van der Waals surface area contributed by atoms with E-state index in [9.17, 15) is 4.79 Å². The van der Waals surface area contributed by atoms with Crippen molar-refractivity contribution in [3.05, 3.63) is 54.1 Å². The fourth-order valence-corrected chi connectivity index (χ4v) is 4.71. The van der Waals surface area contributed by atoms with E-state index >= 15 is 0 Å². The van der Waals surface area contributed by atoms with Crippen LogP contribution in [0.1, 0.15) is 12.0 Å². The Labute approximate surface area is 181 Å². The van der Waals surface area contributed by atoms with Crippen LogP contribution in [0.4, 0.5) is 5.13 Å². The van der Waals surface area contributed by atoms with Crippen molar-refractivity contribution >= 4 is 32.6 Å². The van der Waals surface area contributed by atoms with Crippen LogP contribution in [0, 0.1) is 6.92 Å². The van der Waals surface area contributed by atoms with E-state index < -0.39 is 0 Å². The Hall–Kier alpha value is -2.48. The van der Waals surface area contributed by atoms with E-state index in [0.29, 0.717) is 12.3 Å². The predicted molar refractivity (Wildman–Crippen MR) is 120 cm³/mol. The summed E-state index contributed by atoms with van der Waals surface area (Å²) in [4.78, 5) is 21.2. The summed E-state index contributed by atoms with van der Waals surface area (Å²) in [7, 11) is 0. The van der Waals surface area contributed by atoms with Gasteiger partial charge in [-0.2, -0.15) is 0 Å². The number of quaternary nitrogens is 1. The molecule has 1 aliphatic heterocycles. The lowest BCUT2D eigenvalue weighted by Gasteiger charge is -2.25. The zero-order valence-corrected chi connectivity index (χ0v) is 18.1. The predicted octanol–water partition coefficient (Wildman–Crippen LogP) is 2.32. The molecule has 2 aromatic carbocycles. The van der Waals surface area contributed by atoms with Crippen LogP contribution in [0.15, 0.2) is 48.5 Å². The van der Waals surface area contributed by atoms with Gasteiger partial charge in [0.1, 0.15) is 18.8 Å². The van der Waals surface area contributed by atoms with Crippen LogP contribution in [-0.4, -0.2) is 56.9 Å². The third-order valence-corrected chi connectivity index (χ3v) is 6.32. The molecule has 30 heavy (non-hydrogen) atoms. The van der Waals surface area contributed by atoms with Crippen molar-refractivity contribution in [3.8, 4) is 5.75 Å². The number of hydrogen-bond acceptors (Lipinski definition) is 5. The quantitative estimate of drug-likeness (QED) is 0.601. The molecule has 0 atom stereocenters. The number of anilines is 1. The second-order valence-corrected chi connectivity index (χ2v) is 8.59. The number of morpholine rings is 1.